The van der Waals surface area contributed by atoms with Crippen LogP contribution in [0.4, 0.5) is 10.5 Å². The summed E-state index contributed by atoms with van der Waals surface area (Å²) in [4.78, 5) is 19.8. The number of benzene rings is 1. The van der Waals surface area contributed by atoms with E-state index >= 15 is 0 Å². The highest BCUT2D eigenvalue weighted by Gasteiger charge is 2.35. The molecular weight excluding hydrogens is 502 g/mol. The molecule has 10 heteroatoms. The predicted molar refractivity (Wildman–Crippen MR) is 151 cm³/mol. The number of carbonyl (C=O) groups excluding carboxylic acids is 1. The van der Waals surface area contributed by atoms with Gasteiger partial charge in [0.15, 0.2) is 0 Å². The maximum atomic E-state index is 13.2. The molecule has 1 aromatic carbocycles. The van der Waals surface area contributed by atoms with Crippen LogP contribution in [0, 0.1) is 0 Å². The summed E-state index contributed by atoms with van der Waals surface area (Å²) in [7, 11) is -2.21. The van der Waals surface area contributed by atoms with Crippen LogP contribution < -0.4 is 10.2 Å². The van der Waals surface area contributed by atoms with Gasteiger partial charge in [-0.1, -0.05) is 50.0 Å². The number of nitrogens with zero attached hydrogens (tertiary/aromatic N) is 4. The molecule has 2 aliphatic heterocycles. The number of pyridine rings is 1. The summed E-state index contributed by atoms with van der Waals surface area (Å²) in [5.74, 6) is 0.526. The molecule has 1 saturated heterocycles. The Morgan fingerprint density at radius 3 is 2.62 bits per heavy atom. The topological polar surface area (TPSA) is 79.7 Å². The summed E-state index contributed by atoms with van der Waals surface area (Å²) < 4.78 is 23.0. The fraction of sp³-hybridized carbons (Fsp3) is 0.481. The first-order valence-electron chi connectivity index (χ1n) is 13.1. The SMILES string of the molecule is C[Si](C)(C)CCOCn1ccc2c3c(cnc21)CNC(=O)N3C1CCN(S(=O)Cc2ccccc2)CC1. The second kappa shape index (κ2) is 11.1. The maximum absolute atomic E-state index is 13.2. The van der Waals surface area contributed by atoms with Crippen molar-refractivity contribution >= 4 is 41.8 Å². The number of anilines is 1. The van der Waals surface area contributed by atoms with Gasteiger partial charge in [0.25, 0.3) is 0 Å². The predicted octanol–water partition coefficient (Wildman–Crippen LogP) is 4.71. The number of piperidine rings is 1. The van der Waals surface area contributed by atoms with Crippen LogP contribution in [0.3, 0.4) is 0 Å². The molecule has 1 atom stereocenters. The van der Waals surface area contributed by atoms with Crippen LogP contribution in [-0.2, 0) is 34.8 Å². The van der Waals surface area contributed by atoms with Crippen molar-refractivity contribution in [3.05, 3.63) is 59.9 Å². The molecule has 37 heavy (non-hydrogen) atoms. The van der Waals surface area contributed by atoms with E-state index in [-0.39, 0.29) is 12.1 Å². The monoisotopic (exact) mass is 539 g/mol. The van der Waals surface area contributed by atoms with Crippen LogP contribution in [0.1, 0.15) is 24.0 Å². The molecule has 1 fully saturated rings. The van der Waals surface area contributed by atoms with Crippen LogP contribution in [0.5, 0.6) is 0 Å². The highest BCUT2D eigenvalue weighted by atomic mass is 32.2. The molecule has 3 aromatic rings. The zero-order valence-electron chi connectivity index (χ0n) is 22.0. The third-order valence-corrected chi connectivity index (χ3v) is 10.4. The van der Waals surface area contributed by atoms with Crippen LogP contribution in [0.2, 0.25) is 25.7 Å². The molecular formula is C27H37N5O3SSi. The van der Waals surface area contributed by atoms with E-state index in [0.29, 0.717) is 32.1 Å². The van der Waals surface area contributed by atoms with Crippen molar-refractivity contribution in [1.82, 2.24) is 19.2 Å². The standard InChI is InChI=1S/C27H37N5O3SSi/c1-37(2,3)16-15-35-20-30-12-11-24-25-22(17-28-26(24)30)18-29-27(33)32(25)23-9-13-31(14-10-23)36(34)19-21-7-5-4-6-8-21/h4-8,11-12,17,23H,9-10,13-16,18-20H2,1-3H3,(H,29,33). The Kier molecular flexibility index (Phi) is 7.80. The molecule has 2 aromatic heterocycles. The number of hydrogen-bond acceptors (Lipinski definition) is 4. The van der Waals surface area contributed by atoms with E-state index in [1.807, 2.05) is 56.5 Å². The number of urea groups is 1. The van der Waals surface area contributed by atoms with Crippen molar-refractivity contribution in [2.75, 3.05) is 24.6 Å². The van der Waals surface area contributed by atoms with Crippen molar-refractivity contribution in [2.24, 2.45) is 0 Å². The van der Waals surface area contributed by atoms with E-state index in [4.69, 9.17) is 9.72 Å². The molecule has 0 bridgehead atoms. The van der Waals surface area contributed by atoms with Crippen LogP contribution in [0.15, 0.2) is 48.8 Å². The minimum Gasteiger partial charge on any atom is -0.361 e. The number of ether oxygens (including phenoxy) is 1. The van der Waals surface area contributed by atoms with Crippen molar-refractivity contribution in [2.45, 2.75) is 63.6 Å². The quantitative estimate of drug-likeness (QED) is 0.316. The van der Waals surface area contributed by atoms with Gasteiger partial charge < -0.3 is 14.6 Å². The number of carbonyl (C=O) groups is 1. The second-order valence-electron chi connectivity index (χ2n) is 11.1. The molecule has 4 heterocycles. The number of hydrogen-bond donors (Lipinski definition) is 1. The highest BCUT2D eigenvalue weighted by Crippen LogP contribution is 2.36. The Morgan fingerprint density at radius 2 is 1.89 bits per heavy atom. The fourth-order valence-electron chi connectivity index (χ4n) is 5.04. The minimum absolute atomic E-state index is 0.0472. The lowest BCUT2D eigenvalue weighted by Gasteiger charge is -2.40. The zero-order valence-corrected chi connectivity index (χ0v) is 23.8. The Balaban J connectivity index is 1.30. The average Bonchev–Trinajstić information content (AvgIpc) is 3.30. The molecule has 0 saturated carbocycles. The van der Waals surface area contributed by atoms with Gasteiger partial charge in [-0.3, -0.25) is 4.90 Å². The summed E-state index contributed by atoms with van der Waals surface area (Å²) in [5, 5.41) is 4.01. The number of nitrogens with one attached hydrogen (secondary N) is 1. The molecule has 0 spiro atoms. The molecule has 198 valence electrons. The van der Waals surface area contributed by atoms with Crippen LogP contribution in [-0.4, -0.2) is 57.9 Å². The van der Waals surface area contributed by atoms with Crippen LogP contribution in [0.25, 0.3) is 11.0 Å². The summed E-state index contributed by atoms with van der Waals surface area (Å²) >= 11 is 0. The van der Waals surface area contributed by atoms with Crippen molar-refractivity contribution in [1.29, 1.82) is 0 Å². The van der Waals surface area contributed by atoms with Crippen molar-refractivity contribution in [3.8, 4) is 0 Å². The Bertz CT molecular complexity index is 1270. The van der Waals surface area contributed by atoms with E-state index in [2.05, 4.69) is 31.0 Å². The zero-order chi connectivity index (χ0) is 26.0. The largest absolute Gasteiger partial charge is 0.361 e. The second-order valence-corrected chi connectivity index (χ2v) is 18.2. The average molecular weight is 540 g/mol. The Hall–Kier alpha value is -2.53. The molecule has 2 aliphatic rings. The van der Waals surface area contributed by atoms with Crippen molar-refractivity contribution < 1.29 is 13.7 Å². The minimum atomic E-state index is -1.14. The first-order valence-corrected chi connectivity index (χ1v) is 18.1. The number of fused-ring (bicyclic) bond motifs is 3. The van der Waals surface area contributed by atoms with Gasteiger partial charge in [0.2, 0.25) is 0 Å². The van der Waals surface area contributed by atoms with Gasteiger partial charge in [0, 0.05) is 63.7 Å². The molecule has 5 rings (SSSR count). The van der Waals surface area contributed by atoms with Crippen molar-refractivity contribution in [3.63, 3.8) is 0 Å². The fourth-order valence-corrected chi connectivity index (χ4v) is 7.08. The normalized spacial score (nSPS) is 18.1. The van der Waals surface area contributed by atoms with Gasteiger partial charge in [0.1, 0.15) is 12.4 Å². The lowest BCUT2D eigenvalue weighted by molar-refractivity contribution is 0.0899. The summed E-state index contributed by atoms with van der Waals surface area (Å²) in [6, 6.07) is 13.1. The lowest BCUT2D eigenvalue weighted by Crippen LogP contribution is -2.53. The summed E-state index contributed by atoms with van der Waals surface area (Å²) in [6.07, 6.45) is 5.44. The van der Waals surface area contributed by atoms with E-state index in [0.717, 1.165) is 53.3 Å². The summed E-state index contributed by atoms with van der Waals surface area (Å²) in [6.45, 7) is 10.1. The number of rotatable bonds is 9. The lowest BCUT2D eigenvalue weighted by atomic mass is 10.0. The third kappa shape index (κ3) is 5.98. The van der Waals surface area contributed by atoms with Gasteiger partial charge in [-0.05, 0) is 30.5 Å². The molecule has 0 aliphatic carbocycles. The van der Waals surface area contributed by atoms with Crippen LogP contribution >= 0.6 is 0 Å². The number of amides is 2. The smallest absolute Gasteiger partial charge is 0.322 e. The van der Waals surface area contributed by atoms with Gasteiger partial charge in [-0.2, -0.15) is 0 Å². The number of aromatic nitrogens is 2. The highest BCUT2D eigenvalue weighted by molar-refractivity contribution is 7.81. The van der Waals surface area contributed by atoms with Gasteiger partial charge in [0.05, 0.1) is 22.4 Å². The maximum Gasteiger partial charge on any atom is 0.322 e. The molecule has 2 amide bonds. The van der Waals surface area contributed by atoms with E-state index in [1.54, 1.807) is 0 Å². The Morgan fingerprint density at radius 1 is 1.14 bits per heavy atom. The van der Waals surface area contributed by atoms with E-state index in [9.17, 15) is 9.00 Å². The first kappa shape index (κ1) is 26.1. The molecule has 8 nitrogen and oxygen atoms in total. The molecule has 0 radical (unpaired) electrons. The summed E-state index contributed by atoms with van der Waals surface area (Å²) in [5.41, 5.74) is 3.90. The third-order valence-electron chi connectivity index (χ3n) is 7.16. The van der Waals surface area contributed by atoms with Gasteiger partial charge in [-0.25, -0.2) is 18.3 Å². The van der Waals surface area contributed by atoms with Gasteiger partial charge in [-0.15, -0.1) is 0 Å². The Labute approximate surface area is 222 Å². The first-order chi connectivity index (χ1) is 17.8. The molecule has 1 N–H and O–H groups in total. The van der Waals surface area contributed by atoms with Gasteiger partial charge >= 0.3 is 6.03 Å². The molecule has 1 unspecified atom stereocenters. The van der Waals surface area contributed by atoms with E-state index in [1.165, 1.54) is 0 Å². The van der Waals surface area contributed by atoms with E-state index < -0.39 is 19.1 Å².